The van der Waals surface area contributed by atoms with Crippen LogP contribution in [0.1, 0.15) is 45.6 Å². The number of rotatable bonds is 6. The molecule has 20 heavy (non-hydrogen) atoms. The second-order valence-electron chi connectivity index (χ2n) is 5.75. The van der Waals surface area contributed by atoms with Crippen molar-refractivity contribution in [2.45, 2.75) is 52.1 Å². The number of Topliss-reactive ketones (excluding diaryl/α,β-unsaturated/α-hetero) is 1. The lowest BCUT2D eigenvalue weighted by Crippen LogP contribution is -2.24. The molecule has 0 saturated heterocycles. The summed E-state index contributed by atoms with van der Waals surface area (Å²) >= 11 is 5.79. The van der Waals surface area contributed by atoms with Crippen LogP contribution in [0.5, 0.6) is 0 Å². The van der Waals surface area contributed by atoms with Crippen LogP contribution < -0.4 is 0 Å². The minimum absolute atomic E-state index is 0.0748. The molecule has 0 radical (unpaired) electrons. The van der Waals surface area contributed by atoms with E-state index in [0.717, 1.165) is 5.56 Å². The Morgan fingerprint density at radius 2 is 1.65 bits per heavy atom. The van der Waals surface area contributed by atoms with Gasteiger partial charge in [0.05, 0.1) is 6.42 Å². The number of carbonyl (C=O) groups is 2. The summed E-state index contributed by atoms with van der Waals surface area (Å²) in [4.78, 5) is 23.2. The summed E-state index contributed by atoms with van der Waals surface area (Å²) in [5, 5.41) is 0.685. The van der Waals surface area contributed by atoms with Gasteiger partial charge in [-0.1, -0.05) is 23.7 Å². The van der Waals surface area contributed by atoms with Crippen molar-refractivity contribution in [1.82, 2.24) is 0 Å². The van der Waals surface area contributed by atoms with E-state index in [0.29, 0.717) is 17.9 Å². The van der Waals surface area contributed by atoms with Crippen LogP contribution in [0.15, 0.2) is 24.3 Å². The molecule has 0 bridgehead atoms. The maximum Gasteiger partial charge on any atom is 0.306 e. The smallest absolute Gasteiger partial charge is 0.306 e. The average Bonchev–Trinajstić information content (AvgIpc) is 2.33. The molecule has 0 spiro atoms. The fourth-order valence-electron chi connectivity index (χ4n) is 1.69. The first kappa shape index (κ1) is 16.7. The molecular formula is C16H21ClO3. The summed E-state index contributed by atoms with van der Waals surface area (Å²) in [5.74, 6) is -0.247. The molecule has 1 aromatic carbocycles. The molecule has 0 saturated carbocycles. The van der Waals surface area contributed by atoms with Crippen LogP contribution >= 0.6 is 11.6 Å². The van der Waals surface area contributed by atoms with Gasteiger partial charge in [0.2, 0.25) is 0 Å². The van der Waals surface area contributed by atoms with Crippen molar-refractivity contribution in [3.05, 3.63) is 34.9 Å². The van der Waals surface area contributed by atoms with Crippen LogP contribution in [-0.4, -0.2) is 17.4 Å². The van der Waals surface area contributed by atoms with Crippen LogP contribution in [0.25, 0.3) is 0 Å². The molecule has 1 aromatic rings. The highest BCUT2D eigenvalue weighted by Gasteiger charge is 2.16. The molecule has 0 fully saturated rings. The molecule has 4 heteroatoms. The zero-order valence-corrected chi connectivity index (χ0v) is 13.0. The van der Waals surface area contributed by atoms with Gasteiger partial charge in [0.1, 0.15) is 11.4 Å². The molecule has 1 rings (SSSR count). The monoisotopic (exact) mass is 296 g/mol. The first-order chi connectivity index (χ1) is 9.26. The summed E-state index contributed by atoms with van der Waals surface area (Å²) in [6, 6.07) is 7.43. The third-order valence-corrected chi connectivity index (χ3v) is 2.89. The minimum Gasteiger partial charge on any atom is -0.460 e. The van der Waals surface area contributed by atoms with E-state index in [-0.39, 0.29) is 24.6 Å². The Morgan fingerprint density at radius 3 is 2.20 bits per heavy atom. The van der Waals surface area contributed by atoms with Crippen molar-refractivity contribution in [3.63, 3.8) is 0 Å². The molecule has 3 nitrogen and oxygen atoms in total. The summed E-state index contributed by atoms with van der Waals surface area (Å²) in [5.41, 5.74) is 0.573. The maximum atomic E-state index is 11.7. The summed E-state index contributed by atoms with van der Waals surface area (Å²) in [6.45, 7) is 5.44. The molecule has 0 aliphatic rings. The molecule has 110 valence electrons. The number of aryl methyl sites for hydroxylation is 1. The number of halogens is 1. The van der Waals surface area contributed by atoms with Gasteiger partial charge in [0.15, 0.2) is 0 Å². The highest BCUT2D eigenvalue weighted by Crippen LogP contribution is 2.13. The Kier molecular flexibility index (Phi) is 6.21. The van der Waals surface area contributed by atoms with Gasteiger partial charge in [-0.2, -0.15) is 0 Å². The van der Waals surface area contributed by atoms with E-state index in [1.165, 1.54) is 0 Å². The standard InChI is InChI=1S/C16H21ClO3/c1-16(2,3)20-15(19)11-10-14(18)9-6-12-4-7-13(17)8-5-12/h4-5,7-8H,6,9-11H2,1-3H3. The van der Waals surface area contributed by atoms with Crippen LogP contribution in [-0.2, 0) is 20.7 Å². The van der Waals surface area contributed by atoms with Crippen molar-refractivity contribution in [2.75, 3.05) is 0 Å². The lowest BCUT2D eigenvalue weighted by molar-refractivity contribution is -0.155. The van der Waals surface area contributed by atoms with Gasteiger partial charge < -0.3 is 4.74 Å². The lowest BCUT2D eigenvalue weighted by atomic mass is 10.1. The second kappa shape index (κ2) is 7.44. The third-order valence-electron chi connectivity index (χ3n) is 2.63. The Hall–Kier alpha value is -1.35. The zero-order chi connectivity index (χ0) is 15.2. The van der Waals surface area contributed by atoms with Gasteiger partial charge in [0.25, 0.3) is 0 Å². The van der Waals surface area contributed by atoms with Crippen LogP contribution in [0, 0.1) is 0 Å². The maximum absolute atomic E-state index is 11.7. The van der Waals surface area contributed by atoms with Gasteiger partial charge in [-0.15, -0.1) is 0 Å². The van der Waals surface area contributed by atoms with Gasteiger partial charge in [0, 0.05) is 17.9 Å². The Bertz CT molecular complexity index is 458. The molecule has 0 heterocycles. The normalized spacial score (nSPS) is 11.2. The first-order valence-electron chi connectivity index (χ1n) is 6.74. The van der Waals surface area contributed by atoms with Crippen molar-refractivity contribution in [2.24, 2.45) is 0 Å². The van der Waals surface area contributed by atoms with E-state index in [1.807, 2.05) is 45.0 Å². The predicted octanol–water partition coefficient (Wildman–Crippen LogP) is 3.96. The number of benzene rings is 1. The fraction of sp³-hybridized carbons (Fsp3) is 0.500. The SMILES string of the molecule is CC(C)(C)OC(=O)CCC(=O)CCc1ccc(Cl)cc1. The van der Waals surface area contributed by atoms with Crippen molar-refractivity contribution >= 4 is 23.4 Å². The lowest BCUT2D eigenvalue weighted by Gasteiger charge is -2.19. The van der Waals surface area contributed by atoms with Gasteiger partial charge in [-0.25, -0.2) is 0 Å². The molecule has 0 aromatic heterocycles. The molecule has 0 unspecified atom stereocenters. The number of ether oxygens (including phenoxy) is 1. The van der Waals surface area contributed by atoms with E-state index in [4.69, 9.17) is 16.3 Å². The highest BCUT2D eigenvalue weighted by molar-refractivity contribution is 6.30. The first-order valence-corrected chi connectivity index (χ1v) is 7.12. The number of esters is 1. The summed E-state index contributed by atoms with van der Waals surface area (Å²) < 4.78 is 5.16. The molecule has 0 aliphatic carbocycles. The summed E-state index contributed by atoms with van der Waals surface area (Å²) in [7, 11) is 0. The van der Waals surface area contributed by atoms with Crippen molar-refractivity contribution < 1.29 is 14.3 Å². The highest BCUT2D eigenvalue weighted by atomic mass is 35.5. The predicted molar refractivity (Wildman–Crippen MR) is 79.9 cm³/mol. The molecule has 0 N–H and O–H groups in total. The molecule has 0 aliphatic heterocycles. The minimum atomic E-state index is -0.497. The number of hydrogen-bond acceptors (Lipinski definition) is 3. The fourth-order valence-corrected chi connectivity index (χ4v) is 1.82. The largest absolute Gasteiger partial charge is 0.460 e. The van der Waals surface area contributed by atoms with E-state index < -0.39 is 5.60 Å². The number of carbonyl (C=O) groups excluding carboxylic acids is 2. The van der Waals surface area contributed by atoms with Crippen molar-refractivity contribution in [3.8, 4) is 0 Å². The summed E-state index contributed by atoms with van der Waals surface area (Å²) in [6.07, 6.45) is 1.49. The molecular weight excluding hydrogens is 276 g/mol. The number of hydrogen-bond donors (Lipinski definition) is 0. The van der Waals surface area contributed by atoms with E-state index in [1.54, 1.807) is 0 Å². The average molecular weight is 297 g/mol. The van der Waals surface area contributed by atoms with Gasteiger partial charge in [-0.05, 0) is 44.9 Å². The Balaban J connectivity index is 2.27. The number of ketones is 1. The third kappa shape index (κ3) is 7.29. The van der Waals surface area contributed by atoms with Gasteiger partial charge in [-0.3, -0.25) is 9.59 Å². The van der Waals surface area contributed by atoms with Crippen LogP contribution in [0.2, 0.25) is 5.02 Å². The van der Waals surface area contributed by atoms with Gasteiger partial charge >= 0.3 is 5.97 Å². The van der Waals surface area contributed by atoms with E-state index in [9.17, 15) is 9.59 Å². The van der Waals surface area contributed by atoms with Crippen molar-refractivity contribution in [1.29, 1.82) is 0 Å². The Morgan fingerprint density at radius 1 is 1.05 bits per heavy atom. The topological polar surface area (TPSA) is 43.4 Å². The molecule has 0 atom stereocenters. The van der Waals surface area contributed by atoms with Crippen LogP contribution in [0.3, 0.4) is 0 Å². The quantitative estimate of drug-likeness (QED) is 0.746. The van der Waals surface area contributed by atoms with E-state index >= 15 is 0 Å². The van der Waals surface area contributed by atoms with E-state index in [2.05, 4.69) is 0 Å². The molecule has 0 amide bonds. The van der Waals surface area contributed by atoms with Crippen LogP contribution in [0.4, 0.5) is 0 Å². The zero-order valence-electron chi connectivity index (χ0n) is 12.2. The second-order valence-corrected chi connectivity index (χ2v) is 6.19. The Labute approximate surface area is 125 Å².